The van der Waals surface area contributed by atoms with Crippen LogP contribution in [-0.4, -0.2) is 25.8 Å². The maximum atomic E-state index is 12.9. The first-order chi connectivity index (χ1) is 12.9. The van der Waals surface area contributed by atoms with E-state index in [0.29, 0.717) is 16.7 Å². The standard InChI is InChI=1S/C17H13BrFN5O3/c18-15-6-3-12(7-16(15)24(26)27)17(25)20-8-14-10-23(22-21-14)9-11-1-4-13(19)5-2-11/h1-7,10H,8-9H2,(H,20,25). The van der Waals surface area contributed by atoms with Gasteiger partial charge in [-0.2, -0.15) is 0 Å². The van der Waals surface area contributed by atoms with Crippen molar-refractivity contribution in [3.05, 3.63) is 85.9 Å². The summed E-state index contributed by atoms with van der Waals surface area (Å²) in [6, 6.07) is 10.2. The predicted molar refractivity (Wildman–Crippen MR) is 97.5 cm³/mol. The molecule has 27 heavy (non-hydrogen) atoms. The van der Waals surface area contributed by atoms with Crippen molar-refractivity contribution in [1.82, 2.24) is 20.3 Å². The summed E-state index contributed by atoms with van der Waals surface area (Å²) in [5.41, 5.74) is 1.37. The Bertz CT molecular complexity index is 990. The molecule has 0 radical (unpaired) electrons. The van der Waals surface area contributed by atoms with Gasteiger partial charge in [-0.25, -0.2) is 9.07 Å². The van der Waals surface area contributed by atoms with E-state index in [0.717, 1.165) is 5.56 Å². The Kier molecular flexibility index (Phi) is 5.55. The molecule has 0 bridgehead atoms. The van der Waals surface area contributed by atoms with Gasteiger partial charge in [0.05, 0.1) is 28.7 Å². The summed E-state index contributed by atoms with van der Waals surface area (Å²) in [6.45, 7) is 0.534. The highest BCUT2D eigenvalue weighted by molar-refractivity contribution is 9.10. The molecular formula is C17H13BrFN5O3. The molecule has 1 aromatic heterocycles. The van der Waals surface area contributed by atoms with Crippen LogP contribution in [0.4, 0.5) is 10.1 Å². The van der Waals surface area contributed by atoms with Gasteiger partial charge in [0.25, 0.3) is 11.6 Å². The fourth-order valence-corrected chi connectivity index (χ4v) is 2.73. The van der Waals surface area contributed by atoms with E-state index in [2.05, 4.69) is 31.6 Å². The van der Waals surface area contributed by atoms with Crippen molar-refractivity contribution in [3.63, 3.8) is 0 Å². The number of halogens is 2. The molecule has 1 amide bonds. The van der Waals surface area contributed by atoms with Crippen LogP contribution in [0.1, 0.15) is 21.6 Å². The summed E-state index contributed by atoms with van der Waals surface area (Å²) in [6.07, 6.45) is 1.66. The number of hydrogen-bond acceptors (Lipinski definition) is 5. The highest BCUT2D eigenvalue weighted by Crippen LogP contribution is 2.25. The van der Waals surface area contributed by atoms with Gasteiger partial charge in [-0.3, -0.25) is 14.9 Å². The van der Waals surface area contributed by atoms with Crippen LogP contribution in [-0.2, 0) is 13.1 Å². The third-order valence-corrected chi connectivity index (χ3v) is 4.35. The van der Waals surface area contributed by atoms with Crippen LogP contribution in [0.25, 0.3) is 0 Å². The molecule has 0 fully saturated rings. The van der Waals surface area contributed by atoms with Crippen LogP contribution < -0.4 is 5.32 Å². The zero-order chi connectivity index (χ0) is 19.4. The lowest BCUT2D eigenvalue weighted by Crippen LogP contribution is -2.23. The number of aromatic nitrogens is 3. The van der Waals surface area contributed by atoms with Gasteiger partial charge in [0, 0.05) is 11.6 Å². The number of amides is 1. The maximum Gasteiger partial charge on any atom is 0.284 e. The van der Waals surface area contributed by atoms with E-state index in [4.69, 9.17) is 0 Å². The molecule has 1 heterocycles. The van der Waals surface area contributed by atoms with Gasteiger partial charge in [-0.05, 0) is 45.8 Å². The third kappa shape index (κ3) is 4.73. The molecule has 10 heteroatoms. The average molecular weight is 434 g/mol. The van der Waals surface area contributed by atoms with E-state index in [1.165, 1.54) is 30.3 Å². The Hall–Kier alpha value is -3.14. The normalized spacial score (nSPS) is 10.6. The number of nitro benzene ring substituents is 1. The highest BCUT2D eigenvalue weighted by atomic mass is 79.9. The van der Waals surface area contributed by atoms with Crippen molar-refractivity contribution in [2.45, 2.75) is 13.1 Å². The Morgan fingerprint density at radius 3 is 2.70 bits per heavy atom. The molecule has 0 aliphatic heterocycles. The average Bonchev–Trinajstić information content (AvgIpc) is 3.09. The molecule has 0 aliphatic rings. The van der Waals surface area contributed by atoms with Crippen molar-refractivity contribution in [2.75, 3.05) is 0 Å². The predicted octanol–water partition coefficient (Wildman–Crippen LogP) is 3.07. The van der Waals surface area contributed by atoms with Crippen LogP contribution in [0.2, 0.25) is 0 Å². The number of carbonyl (C=O) groups is 1. The van der Waals surface area contributed by atoms with E-state index in [1.54, 1.807) is 23.0 Å². The molecule has 2 aromatic carbocycles. The van der Waals surface area contributed by atoms with Crippen LogP contribution in [0.15, 0.2) is 53.1 Å². The van der Waals surface area contributed by atoms with E-state index < -0.39 is 10.8 Å². The molecule has 0 saturated carbocycles. The maximum absolute atomic E-state index is 12.9. The van der Waals surface area contributed by atoms with Gasteiger partial charge in [0.15, 0.2) is 0 Å². The molecule has 0 atom stereocenters. The largest absolute Gasteiger partial charge is 0.346 e. The van der Waals surface area contributed by atoms with Crippen molar-refractivity contribution >= 4 is 27.5 Å². The minimum atomic E-state index is -0.568. The van der Waals surface area contributed by atoms with Crippen LogP contribution in [0.5, 0.6) is 0 Å². The molecule has 138 valence electrons. The van der Waals surface area contributed by atoms with Gasteiger partial charge < -0.3 is 5.32 Å². The lowest BCUT2D eigenvalue weighted by atomic mass is 10.2. The summed E-state index contributed by atoms with van der Waals surface area (Å²) in [5, 5.41) is 21.5. The quantitative estimate of drug-likeness (QED) is 0.475. The molecule has 0 unspecified atom stereocenters. The lowest BCUT2D eigenvalue weighted by Gasteiger charge is -2.04. The third-order valence-electron chi connectivity index (χ3n) is 3.68. The minimum Gasteiger partial charge on any atom is -0.346 e. The highest BCUT2D eigenvalue weighted by Gasteiger charge is 2.16. The number of nitro groups is 1. The van der Waals surface area contributed by atoms with Gasteiger partial charge in [-0.15, -0.1) is 5.10 Å². The first-order valence-corrected chi connectivity index (χ1v) is 8.57. The smallest absolute Gasteiger partial charge is 0.284 e. The first kappa shape index (κ1) is 18.6. The zero-order valence-corrected chi connectivity index (χ0v) is 15.4. The number of nitrogens with zero attached hydrogens (tertiary/aromatic N) is 4. The monoisotopic (exact) mass is 433 g/mol. The summed E-state index contributed by atoms with van der Waals surface area (Å²) in [5.74, 6) is -0.771. The van der Waals surface area contributed by atoms with Gasteiger partial charge in [0.2, 0.25) is 0 Å². The van der Waals surface area contributed by atoms with E-state index in [9.17, 15) is 19.3 Å². The molecule has 0 aliphatic carbocycles. The molecule has 0 saturated heterocycles. The first-order valence-electron chi connectivity index (χ1n) is 7.78. The van der Waals surface area contributed by atoms with Gasteiger partial charge in [-0.1, -0.05) is 17.3 Å². The number of nitrogens with one attached hydrogen (secondary N) is 1. The Balaban J connectivity index is 1.61. The van der Waals surface area contributed by atoms with E-state index in [1.807, 2.05) is 0 Å². The van der Waals surface area contributed by atoms with Crippen molar-refractivity contribution in [3.8, 4) is 0 Å². The number of benzene rings is 2. The summed E-state index contributed by atoms with van der Waals surface area (Å²) in [7, 11) is 0. The minimum absolute atomic E-state index is 0.117. The van der Waals surface area contributed by atoms with Crippen LogP contribution in [0.3, 0.4) is 0 Å². The van der Waals surface area contributed by atoms with E-state index in [-0.39, 0.29) is 23.6 Å². The SMILES string of the molecule is O=C(NCc1cn(Cc2ccc(F)cc2)nn1)c1ccc(Br)c([N+](=O)[O-])c1. The lowest BCUT2D eigenvalue weighted by molar-refractivity contribution is -0.385. The van der Waals surface area contributed by atoms with Crippen molar-refractivity contribution in [2.24, 2.45) is 0 Å². The second-order valence-electron chi connectivity index (χ2n) is 5.64. The fourth-order valence-electron chi connectivity index (χ4n) is 2.34. The number of hydrogen-bond donors (Lipinski definition) is 1. The zero-order valence-electron chi connectivity index (χ0n) is 13.8. The van der Waals surface area contributed by atoms with Gasteiger partial charge >= 0.3 is 0 Å². The van der Waals surface area contributed by atoms with Crippen molar-refractivity contribution < 1.29 is 14.1 Å². The Morgan fingerprint density at radius 2 is 2.00 bits per heavy atom. The van der Waals surface area contributed by atoms with Crippen LogP contribution >= 0.6 is 15.9 Å². The number of rotatable bonds is 6. The van der Waals surface area contributed by atoms with Crippen LogP contribution in [0, 0.1) is 15.9 Å². The summed E-state index contributed by atoms with van der Waals surface area (Å²) in [4.78, 5) is 22.6. The molecule has 8 nitrogen and oxygen atoms in total. The summed E-state index contributed by atoms with van der Waals surface area (Å²) >= 11 is 3.07. The fraction of sp³-hybridized carbons (Fsp3) is 0.118. The summed E-state index contributed by atoms with van der Waals surface area (Å²) < 4.78 is 14.8. The molecule has 0 spiro atoms. The van der Waals surface area contributed by atoms with E-state index >= 15 is 0 Å². The topological polar surface area (TPSA) is 103 Å². The molecule has 3 aromatic rings. The Morgan fingerprint density at radius 1 is 1.26 bits per heavy atom. The molecule has 1 N–H and O–H groups in total. The molecular weight excluding hydrogens is 421 g/mol. The molecule has 3 rings (SSSR count). The van der Waals surface area contributed by atoms with Gasteiger partial charge in [0.1, 0.15) is 11.5 Å². The second kappa shape index (κ2) is 8.04. The Labute approximate surface area is 161 Å². The second-order valence-corrected chi connectivity index (χ2v) is 6.49. The van der Waals surface area contributed by atoms with Crippen molar-refractivity contribution in [1.29, 1.82) is 0 Å². The number of carbonyl (C=O) groups excluding carboxylic acids is 1.